The van der Waals surface area contributed by atoms with Crippen LogP contribution in [0.15, 0.2) is 60.8 Å². The number of hydrogen-bond donors (Lipinski definition) is 1. The molecule has 0 saturated carbocycles. The highest BCUT2D eigenvalue weighted by Crippen LogP contribution is 2.34. The normalized spacial score (nSPS) is 10.7. The van der Waals surface area contributed by atoms with Crippen LogP contribution in [0.2, 0.25) is 5.02 Å². The Morgan fingerprint density at radius 3 is 2.50 bits per heavy atom. The number of nitrogens with one attached hydrogen (secondary N) is 1. The number of halogens is 2. The van der Waals surface area contributed by atoms with Crippen LogP contribution in [0.3, 0.4) is 0 Å². The highest BCUT2D eigenvalue weighted by atomic mass is 35.5. The summed E-state index contributed by atoms with van der Waals surface area (Å²) < 4.78 is 24.6. The predicted octanol–water partition coefficient (Wildman–Crippen LogP) is 5.14. The fourth-order valence-electron chi connectivity index (χ4n) is 2.66. The highest BCUT2D eigenvalue weighted by molar-refractivity contribution is 6.31. The first kappa shape index (κ1) is 20.1. The number of aromatic nitrogens is 1. The summed E-state index contributed by atoms with van der Waals surface area (Å²) in [6.07, 6.45) is 1.77. The van der Waals surface area contributed by atoms with Crippen molar-refractivity contribution in [2.24, 2.45) is 0 Å². The minimum absolute atomic E-state index is 0.274. The summed E-state index contributed by atoms with van der Waals surface area (Å²) in [7, 11) is 0. The van der Waals surface area contributed by atoms with Crippen molar-refractivity contribution in [3.05, 3.63) is 88.5 Å². The molecule has 3 aromatic rings. The topological polar surface area (TPSA) is 43.4 Å². The van der Waals surface area contributed by atoms with Crippen LogP contribution in [0.25, 0.3) is 0 Å². The Bertz CT molecular complexity index is 889. The molecule has 1 aromatic heterocycles. The van der Waals surface area contributed by atoms with Crippen molar-refractivity contribution in [3.8, 4) is 11.5 Å². The largest absolute Gasteiger partial charge is 0.490 e. The van der Waals surface area contributed by atoms with Gasteiger partial charge in [0, 0.05) is 30.4 Å². The van der Waals surface area contributed by atoms with Crippen molar-refractivity contribution < 1.29 is 13.9 Å². The molecule has 0 amide bonds. The first-order valence-corrected chi connectivity index (χ1v) is 9.46. The molecular formula is C22H22ClFN2O2. The second-order valence-electron chi connectivity index (χ2n) is 6.16. The van der Waals surface area contributed by atoms with E-state index in [4.69, 9.17) is 21.1 Å². The highest BCUT2D eigenvalue weighted by Gasteiger charge is 2.12. The SMILES string of the molecule is CCOc1cc(CNCc2ccccn2)c(Cl)cc1OCc1ccc(F)cc1. The zero-order chi connectivity index (χ0) is 19.8. The molecular weight excluding hydrogens is 379 g/mol. The van der Waals surface area contributed by atoms with Gasteiger partial charge in [0.1, 0.15) is 12.4 Å². The molecule has 0 saturated heterocycles. The molecule has 0 bridgehead atoms. The lowest BCUT2D eigenvalue weighted by molar-refractivity contribution is 0.269. The number of benzene rings is 2. The second kappa shape index (κ2) is 10.1. The van der Waals surface area contributed by atoms with Gasteiger partial charge < -0.3 is 14.8 Å². The number of nitrogens with zero attached hydrogens (tertiary/aromatic N) is 1. The lowest BCUT2D eigenvalue weighted by Gasteiger charge is -2.15. The average Bonchev–Trinajstić information content (AvgIpc) is 2.71. The molecule has 0 unspecified atom stereocenters. The van der Waals surface area contributed by atoms with E-state index in [1.807, 2.05) is 31.2 Å². The van der Waals surface area contributed by atoms with Gasteiger partial charge in [-0.3, -0.25) is 4.98 Å². The van der Waals surface area contributed by atoms with Crippen LogP contribution in [0.4, 0.5) is 4.39 Å². The monoisotopic (exact) mass is 400 g/mol. The van der Waals surface area contributed by atoms with Crippen molar-refractivity contribution in [3.63, 3.8) is 0 Å². The van der Waals surface area contributed by atoms with E-state index >= 15 is 0 Å². The third-order valence-electron chi connectivity index (χ3n) is 4.07. The van der Waals surface area contributed by atoms with Crippen LogP contribution in [0.1, 0.15) is 23.7 Å². The van der Waals surface area contributed by atoms with Crippen molar-refractivity contribution in [1.29, 1.82) is 0 Å². The smallest absolute Gasteiger partial charge is 0.163 e. The van der Waals surface area contributed by atoms with Gasteiger partial charge in [-0.15, -0.1) is 0 Å². The van der Waals surface area contributed by atoms with Crippen LogP contribution in [0.5, 0.6) is 11.5 Å². The molecule has 0 aliphatic carbocycles. The van der Waals surface area contributed by atoms with Gasteiger partial charge in [0.25, 0.3) is 0 Å². The summed E-state index contributed by atoms with van der Waals surface area (Å²) >= 11 is 6.45. The zero-order valence-corrected chi connectivity index (χ0v) is 16.4. The number of pyridine rings is 1. The molecule has 0 aliphatic heterocycles. The number of hydrogen-bond acceptors (Lipinski definition) is 4. The van der Waals surface area contributed by atoms with Crippen LogP contribution in [-0.2, 0) is 19.7 Å². The third-order valence-corrected chi connectivity index (χ3v) is 4.42. The Kier molecular flexibility index (Phi) is 7.23. The van der Waals surface area contributed by atoms with Crippen molar-refractivity contribution in [2.75, 3.05) is 6.61 Å². The number of ether oxygens (including phenoxy) is 2. The molecule has 28 heavy (non-hydrogen) atoms. The van der Waals surface area contributed by atoms with Gasteiger partial charge in [-0.2, -0.15) is 0 Å². The molecule has 0 aliphatic rings. The summed E-state index contributed by atoms with van der Waals surface area (Å²) in [5.74, 6) is 0.914. The lowest BCUT2D eigenvalue weighted by atomic mass is 10.2. The molecule has 146 valence electrons. The first-order chi connectivity index (χ1) is 13.7. The Morgan fingerprint density at radius 1 is 1.00 bits per heavy atom. The van der Waals surface area contributed by atoms with Crippen molar-refractivity contribution >= 4 is 11.6 Å². The van der Waals surface area contributed by atoms with E-state index in [2.05, 4.69) is 10.3 Å². The Balaban J connectivity index is 1.67. The molecule has 0 fully saturated rings. The minimum Gasteiger partial charge on any atom is -0.490 e. The van der Waals surface area contributed by atoms with E-state index in [1.54, 1.807) is 24.4 Å². The third kappa shape index (κ3) is 5.68. The fourth-order valence-corrected chi connectivity index (χ4v) is 2.88. The average molecular weight is 401 g/mol. The Labute approximate surface area is 169 Å². The standard InChI is InChI=1S/C22H22ClFN2O2/c1-2-27-21-11-17(13-25-14-19-5-3-4-10-26-19)20(23)12-22(21)28-15-16-6-8-18(24)9-7-16/h3-12,25H,2,13-15H2,1H3. The van der Waals surface area contributed by atoms with Crippen molar-refractivity contribution in [2.45, 2.75) is 26.6 Å². The second-order valence-corrected chi connectivity index (χ2v) is 6.57. The van der Waals surface area contributed by atoms with Gasteiger partial charge in [-0.05, 0) is 48.4 Å². The van der Waals surface area contributed by atoms with E-state index in [-0.39, 0.29) is 5.82 Å². The maximum absolute atomic E-state index is 13.0. The van der Waals surface area contributed by atoms with Crippen LogP contribution >= 0.6 is 11.6 Å². The molecule has 0 radical (unpaired) electrons. The van der Waals surface area contributed by atoms with Crippen LogP contribution < -0.4 is 14.8 Å². The predicted molar refractivity (Wildman–Crippen MR) is 108 cm³/mol. The maximum Gasteiger partial charge on any atom is 0.163 e. The lowest BCUT2D eigenvalue weighted by Crippen LogP contribution is -2.14. The molecule has 1 N–H and O–H groups in total. The summed E-state index contributed by atoms with van der Waals surface area (Å²) in [5.41, 5.74) is 2.74. The minimum atomic E-state index is -0.274. The van der Waals surface area contributed by atoms with E-state index in [0.717, 1.165) is 16.8 Å². The quantitative estimate of drug-likeness (QED) is 0.540. The molecule has 6 heteroatoms. The summed E-state index contributed by atoms with van der Waals surface area (Å²) in [4.78, 5) is 4.29. The Hall–Kier alpha value is -2.63. The molecule has 1 heterocycles. The fraction of sp³-hybridized carbons (Fsp3) is 0.227. The zero-order valence-electron chi connectivity index (χ0n) is 15.6. The van der Waals surface area contributed by atoms with E-state index in [9.17, 15) is 4.39 Å². The molecule has 3 rings (SSSR count). The molecule has 2 aromatic carbocycles. The van der Waals surface area contributed by atoms with Gasteiger partial charge >= 0.3 is 0 Å². The van der Waals surface area contributed by atoms with Gasteiger partial charge in [-0.1, -0.05) is 29.8 Å². The molecule has 4 nitrogen and oxygen atoms in total. The van der Waals surface area contributed by atoms with Crippen molar-refractivity contribution in [1.82, 2.24) is 10.3 Å². The maximum atomic E-state index is 13.0. The molecule has 0 spiro atoms. The van der Waals surface area contributed by atoms with Gasteiger partial charge in [0.05, 0.1) is 12.3 Å². The molecule has 0 atom stereocenters. The van der Waals surface area contributed by atoms with Gasteiger partial charge in [0.15, 0.2) is 11.5 Å². The number of rotatable bonds is 9. The first-order valence-electron chi connectivity index (χ1n) is 9.08. The van der Waals surface area contributed by atoms with Gasteiger partial charge in [0.2, 0.25) is 0 Å². The van der Waals surface area contributed by atoms with Gasteiger partial charge in [-0.25, -0.2) is 4.39 Å². The van der Waals surface area contributed by atoms with E-state index in [1.165, 1.54) is 12.1 Å². The van der Waals surface area contributed by atoms with Crippen LogP contribution in [-0.4, -0.2) is 11.6 Å². The summed E-state index contributed by atoms with van der Waals surface area (Å²) in [6.45, 7) is 3.94. The summed E-state index contributed by atoms with van der Waals surface area (Å²) in [6, 6.07) is 15.6. The van der Waals surface area contributed by atoms with E-state index < -0.39 is 0 Å². The van der Waals surface area contributed by atoms with E-state index in [0.29, 0.717) is 42.8 Å². The van der Waals surface area contributed by atoms with Crippen LogP contribution in [0, 0.1) is 5.82 Å². The Morgan fingerprint density at radius 2 is 1.79 bits per heavy atom. The summed E-state index contributed by atoms with van der Waals surface area (Å²) in [5, 5.41) is 3.92.